The first-order valence-electron chi connectivity index (χ1n) is 7.70. The van der Waals surface area contributed by atoms with Gasteiger partial charge in [-0.25, -0.2) is 0 Å². The summed E-state index contributed by atoms with van der Waals surface area (Å²) < 4.78 is 0. The quantitative estimate of drug-likeness (QED) is 0.847. The van der Waals surface area contributed by atoms with Gasteiger partial charge in [0.2, 0.25) is 5.91 Å². The molecule has 22 heavy (non-hydrogen) atoms. The fraction of sp³-hybridized carbons (Fsp3) is 0.471. The lowest BCUT2D eigenvalue weighted by Gasteiger charge is -2.39. The van der Waals surface area contributed by atoms with Crippen LogP contribution >= 0.6 is 0 Å². The molecular weight excluding hydrogens is 280 g/mol. The zero-order chi connectivity index (χ0) is 15.7. The summed E-state index contributed by atoms with van der Waals surface area (Å²) in [6.45, 7) is 2.78. The highest BCUT2D eigenvalue weighted by atomic mass is 16.2. The van der Waals surface area contributed by atoms with Gasteiger partial charge in [0.1, 0.15) is 0 Å². The number of amides is 2. The molecule has 0 atom stereocenters. The Bertz CT molecular complexity index is 631. The number of carbonyl (C=O) groups is 3. The van der Waals surface area contributed by atoms with Crippen LogP contribution in [0, 0.1) is 0 Å². The Morgan fingerprint density at radius 3 is 2.41 bits per heavy atom. The fourth-order valence-electron chi connectivity index (χ4n) is 3.34. The molecule has 0 unspecified atom stereocenters. The maximum absolute atomic E-state index is 12.6. The minimum atomic E-state index is -0.102. The second-order valence-electron chi connectivity index (χ2n) is 6.26. The number of piperidine rings is 1. The van der Waals surface area contributed by atoms with Gasteiger partial charge in [-0.2, -0.15) is 0 Å². The monoisotopic (exact) mass is 300 g/mol. The van der Waals surface area contributed by atoms with Crippen molar-refractivity contribution in [2.75, 3.05) is 13.1 Å². The van der Waals surface area contributed by atoms with E-state index in [0.29, 0.717) is 30.6 Å². The van der Waals surface area contributed by atoms with Crippen LogP contribution in [0.15, 0.2) is 24.3 Å². The second kappa shape index (κ2) is 5.55. The lowest BCUT2D eigenvalue weighted by Crippen LogP contribution is -2.52. The van der Waals surface area contributed by atoms with E-state index >= 15 is 0 Å². The number of likely N-dealkylation sites (tertiary alicyclic amines) is 1. The smallest absolute Gasteiger partial charge is 0.253 e. The molecule has 2 amide bonds. The van der Waals surface area contributed by atoms with Crippen molar-refractivity contribution in [3.8, 4) is 0 Å². The summed E-state index contributed by atoms with van der Waals surface area (Å²) in [6, 6.07) is 6.87. The first-order chi connectivity index (χ1) is 10.5. The van der Waals surface area contributed by atoms with E-state index in [4.69, 9.17) is 0 Å². The van der Waals surface area contributed by atoms with Gasteiger partial charge in [-0.1, -0.05) is 12.1 Å². The third-order valence-corrected chi connectivity index (χ3v) is 4.76. The average Bonchev–Trinajstić information content (AvgIpc) is 2.88. The molecule has 0 aromatic heterocycles. The Balaban J connectivity index is 1.68. The number of rotatable bonds is 2. The zero-order valence-electron chi connectivity index (χ0n) is 12.7. The normalized spacial score (nSPS) is 20.0. The highest BCUT2D eigenvalue weighted by Crippen LogP contribution is 2.31. The molecule has 2 fully saturated rings. The molecule has 0 aliphatic carbocycles. The Morgan fingerprint density at radius 1 is 1.14 bits per heavy atom. The number of ketones is 1. The largest absolute Gasteiger partial charge is 0.351 e. The van der Waals surface area contributed by atoms with Gasteiger partial charge in [-0.3, -0.25) is 14.4 Å². The van der Waals surface area contributed by atoms with E-state index in [1.807, 2.05) is 4.90 Å². The molecular formula is C17H20N2O3. The van der Waals surface area contributed by atoms with Crippen LogP contribution in [0.3, 0.4) is 0 Å². The van der Waals surface area contributed by atoms with Crippen molar-refractivity contribution in [1.29, 1.82) is 0 Å². The molecule has 1 aromatic rings. The van der Waals surface area contributed by atoms with Gasteiger partial charge in [0.15, 0.2) is 5.78 Å². The highest BCUT2D eigenvalue weighted by Gasteiger charge is 2.41. The van der Waals surface area contributed by atoms with E-state index in [0.717, 1.165) is 19.3 Å². The molecule has 2 aliphatic heterocycles. The van der Waals surface area contributed by atoms with E-state index in [1.165, 1.54) is 6.92 Å². The topological polar surface area (TPSA) is 66.5 Å². The first kappa shape index (κ1) is 14.8. The van der Waals surface area contributed by atoms with Crippen LogP contribution in [0.1, 0.15) is 53.3 Å². The predicted octanol–water partition coefficient (Wildman–Crippen LogP) is 1.77. The van der Waals surface area contributed by atoms with Gasteiger partial charge >= 0.3 is 0 Å². The minimum Gasteiger partial charge on any atom is -0.351 e. The average molecular weight is 300 g/mol. The SMILES string of the molecule is CC(=O)c1cccc(C(=O)N2CCC3(CCC(=O)N3)CC2)c1. The summed E-state index contributed by atoms with van der Waals surface area (Å²) in [5, 5.41) is 3.07. The Hall–Kier alpha value is -2.17. The molecule has 5 nitrogen and oxygen atoms in total. The summed E-state index contributed by atoms with van der Waals surface area (Å²) in [4.78, 5) is 37.2. The van der Waals surface area contributed by atoms with Gasteiger partial charge in [-0.15, -0.1) is 0 Å². The molecule has 2 heterocycles. The van der Waals surface area contributed by atoms with Gasteiger partial charge in [0.05, 0.1) is 0 Å². The zero-order valence-corrected chi connectivity index (χ0v) is 12.7. The molecule has 5 heteroatoms. The van der Waals surface area contributed by atoms with Crippen molar-refractivity contribution >= 4 is 17.6 Å². The maximum Gasteiger partial charge on any atom is 0.253 e. The molecule has 3 rings (SSSR count). The van der Waals surface area contributed by atoms with Crippen LogP contribution in [0.5, 0.6) is 0 Å². The molecule has 2 saturated heterocycles. The van der Waals surface area contributed by atoms with Crippen molar-refractivity contribution in [3.05, 3.63) is 35.4 Å². The molecule has 0 saturated carbocycles. The third kappa shape index (κ3) is 2.75. The molecule has 2 aliphatic rings. The number of carbonyl (C=O) groups excluding carboxylic acids is 3. The van der Waals surface area contributed by atoms with E-state index < -0.39 is 0 Å². The summed E-state index contributed by atoms with van der Waals surface area (Å²) in [6.07, 6.45) is 3.07. The van der Waals surface area contributed by atoms with Crippen LogP contribution in [-0.2, 0) is 4.79 Å². The maximum atomic E-state index is 12.6. The van der Waals surface area contributed by atoms with Gasteiger partial charge in [0, 0.05) is 36.2 Å². The van der Waals surface area contributed by atoms with Crippen LogP contribution in [0.2, 0.25) is 0 Å². The number of hydrogen-bond donors (Lipinski definition) is 1. The number of benzene rings is 1. The predicted molar refractivity (Wildman–Crippen MR) is 81.7 cm³/mol. The van der Waals surface area contributed by atoms with Crippen molar-refractivity contribution < 1.29 is 14.4 Å². The summed E-state index contributed by atoms with van der Waals surface area (Å²) >= 11 is 0. The van der Waals surface area contributed by atoms with Gasteiger partial charge in [-0.05, 0) is 38.3 Å². The lowest BCUT2D eigenvalue weighted by atomic mass is 9.86. The van der Waals surface area contributed by atoms with Gasteiger partial charge < -0.3 is 10.2 Å². The van der Waals surface area contributed by atoms with Crippen molar-refractivity contribution in [3.63, 3.8) is 0 Å². The van der Waals surface area contributed by atoms with Crippen molar-refractivity contribution in [2.24, 2.45) is 0 Å². The second-order valence-corrected chi connectivity index (χ2v) is 6.26. The lowest BCUT2D eigenvalue weighted by molar-refractivity contribution is -0.120. The molecule has 1 aromatic carbocycles. The molecule has 0 bridgehead atoms. The van der Waals surface area contributed by atoms with Crippen LogP contribution in [0.4, 0.5) is 0 Å². The summed E-state index contributed by atoms with van der Waals surface area (Å²) in [5.74, 6) is 0.0390. The Kier molecular flexibility index (Phi) is 3.72. The van der Waals surface area contributed by atoms with Gasteiger partial charge in [0.25, 0.3) is 5.91 Å². The molecule has 1 spiro atoms. The van der Waals surface area contributed by atoms with Crippen molar-refractivity contribution in [2.45, 2.75) is 38.1 Å². The van der Waals surface area contributed by atoms with Crippen molar-refractivity contribution in [1.82, 2.24) is 10.2 Å². The molecule has 1 N–H and O–H groups in total. The standard InChI is InChI=1S/C17H20N2O3/c1-12(20)13-3-2-4-14(11-13)16(22)19-9-7-17(8-10-19)6-5-15(21)18-17/h2-4,11H,5-10H2,1H3,(H,18,21). The third-order valence-electron chi connectivity index (χ3n) is 4.76. The Morgan fingerprint density at radius 2 is 1.82 bits per heavy atom. The minimum absolute atomic E-state index is 0.0396. The number of nitrogens with zero attached hydrogens (tertiary/aromatic N) is 1. The van der Waals surface area contributed by atoms with Crippen LogP contribution in [-0.4, -0.2) is 41.1 Å². The van der Waals surface area contributed by atoms with E-state index in [1.54, 1.807) is 24.3 Å². The summed E-state index contributed by atoms with van der Waals surface area (Å²) in [7, 11) is 0. The number of nitrogens with one attached hydrogen (secondary N) is 1. The number of hydrogen-bond acceptors (Lipinski definition) is 3. The molecule has 116 valence electrons. The van der Waals surface area contributed by atoms with E-state index in [-0.39, 0.29) is 23.1 Å². The number of Topliss-reactive ketones (excluding diaryl/α,β-unsaturated/α-hetero) is 1. The van der Waals surface area contributed by atoms with Crippen LogP contribution < -0.4 is 5.32 Å². The first-order valence-corrected chi connectivity index (χ1v) is 7.70. The Labute approximate surface area is 129 Å². The summed E-state index contributed by atoms with van der Waals surface area (Å²) in [5.41, 5.74) is 1.01. The van der Waals surface area contributed by atoms with E-state index in [9.17, 15) is 14.4 Å². The van der Waals surface area contributed by atoms with Crippen LogP contribution in [0.25, 0.3) is 0 Å². The fourth-order valence-corrected chi connectivity index (χ4v) is 3.34. The highest BCUT2D eigenvalue weighted by molar-refractivity contribution is 5.99. The molecule has 0 radical (unpaired) electrons. The van der Waals surface area contributed by atoms with E-state index in [2.05, 4.69) is 5.32 Å².